The number of hydrogen-bond acceptors (Lipinski definition) is 3. The molecule has 0 spiro atoms. The zero-order chi connectivity index (χ0) is 29.6. The third-order valence-electron chi connectivity index (χ3n) is 8.35. The molecule has 0 bridgehead atoms. The summed E-state index contributed by atoms with van der Waals surface area (Å²) in [5.74, 6) is 0. The molecule has 8 aromatic rings. The summed E-state index contributed by atoms with van der Waals surface area (Å²) in [5.41, 5.74) is 8.96. The Labute approximate surface area is 254 Å². The van der Waals surface area contributed by atoms with E-state index in [2.05, 4.69) is 93.7 Å². The van der Waals surface area contributed by atoms with Crippen molar-refractivity contribution in [2.24, 2.45) is 0 Å². The lowest BCUT2D eigenvalue weighted by molar-refractivity contribution is 1.30. The molecule has 0 unspecified atom stereocenters. The van der Waals surface area contributed by atoms with Crippen LogP contribution in [0, 0.1) is 17.9 Å². The highest BCUT2D eigenvalue weighted by Crippen LogP contribution is 2.40. The van der Waals surface area contributed by atoms with Crippen LogP contribution in [0.25, 0.3) is 81.9 Å². The number of aromatic nitrogens is 2. The van der Waals surface area contributed by atoms with E-state index in [9.17, 15) is 5.26 Å². The quantitative estimate of drug-likeness (QED) is 0.159. The minimum absolute atomic E-state index is 0.557. The maximum Gasteiger partial charge on any atom is 0.212 e. The smallest absolute Gasteiger partial charge is 0.212 e. The summed E-state index contributed by atoms with van der Waals surface area (Å²) in [7, 11) is 0. The van der Waals surface area contributed by atoms with Gasteiger partial charge in [0.2, 0.25) is 5.69 Å². The fourth-order valence-electron chi connectivity index (χ4n) is 6.25. The van der Waals surface area contributed by atoms with Crippen molar-refractivity contribution in [3.8, 4) is 50.8 Å². The first-order valence-corrected chi connectivity index (χ1v) is 14.3. The van der Waals surface area contributed by atoms with Crippen LogP contribution in [0.15, 0.2) is 134 Å². The molecule has 0 atom stereocenters. The Bertz CT molecular complexity index is 2200. The Balaban J connectivity index is 1.17. The van der Waals surface area contributed by atoms with Crippen LogP contribution >= 0.6 is 0 Å². The van der Waals surface area contributed by atoms with Gasteiger partial charge in [0.15, 0.2) is 0 Å². The molecule has 0 aliphatic heterocycles. The van der Waals surface area contributed by atoms with Crippen LogP contribution in [0.3, 0.4) is 0 Å². The van der Waals surface area contributed by atoms with Crippen LogP contribution in [0.2, 0.25) is 0 Å². The molecule has 2 heterocycles. The highest BCUT2D eigenvalue weighted by molar-refractivity contribution is 6.24. The molecule has 0 aliphatic carbocycles. The minimum atomic E-state index is 0.557. The Kier molecular flexibility index (Phi) is 5.86. The normalized spacial score (nSPS) is 11.1. The van der Waals surface area contributed by atoms with E-state index in [1.54, 1.807) is 36.7 Å². The van der Waals surface area contributed by atoms with E-state index < -0.39 is 0 Å². The first-order chi connectivity index (χ1) is 21.7. The van der Waals surface area contributed by atoms with Crippen molar-refractivity contribution in [3.63, 3.8) is 0 Å². The van der Waals surface area contributed by atoms with E-state index >= 15 is 0 Å². The zero-order valence-corrected chi connectivity index (χ0v) is 23.5. The predicted octanol–water partition coefficient (Wildman–Crippen LogP) is 10.5. The molecule has 0 saturated carbocycles. The summed E-state index contributed by atoms with van der Waals surface area (Å²) in [5, 5.41) is 16.9. The Hall–Kier alpha value is -6.36. The molecule has 0 amide bonds. The van der Waals surface area contributed by atoms with Crippen molar-refractivity contribution in [3.05, 3.63) is 151 Å². The molecule has 4 nitrogen and oxygen atoms in total. The maximum absolute atomic E-state index is 9.48. The van der Waals surface area contributed by atoms with Gasteiger partial charge in [-0.2, -0.15) is 5.26 Å². The van der Waals surface area contributed by atoms with Crippen molar-refractivity contribution in [2.45, 2.75) is 0 Å². The fraction of sp³-hybridized carbons (Fsp3) is 0. The summed E-state index contributed by atoms with van der Waals surface area (Å²) in [6, 6.07) is 43.9. The average Bonchev–Trinajstić information content (AvgIpc) is 3.10. The van der Waals surface area contributed by atoms with E-state index in [0.717, 1.165) is 33.4 Å². The highest BCUT2D eigenvalue weighted by atomic mass is 14.8. The maximum atomic E-state index is 9.48. The molecule has 0 radical (unpaired) electrons. The molecule has 202 valence electrons. The second-order valence-corrected chi connectivity index (χ2v) is 10.9. The number of pyridine rings is 2. The van der Waals surface area contributed by atoms with Crippen molar-refractivity contribution in [1.82, 2.24) is 9.97 Å². The number of rotatable bonds is 4. The van der Waals surface area contributed by atoms with Gasteiger partial charge in [0.25, 0.3) is 0 Å². The largest absolute Gasteiger partial charge is 0.268 e. The Morgan fingerprint density at radius 2 is 0.932 bits per heavy atom. The van der Waals surface area contributed by atoms with Gasteiger partial charge in [-0.25, -0.2) is 4.85 Å². The second-order valence-electron chi connectivity index (χ2n) is 10.9. The Morgan fingerprint density at radius 1 is 0.500 bits per heavy atom. The molecule has 8 rings (SSSR count). The lowest BCUT2D eigenvalue weighted by atomic mass is 9.89. The van der Waals surface area contributed by atoms with E-state index in [-0.39, 0.29) is 0 Å². The predicted molar refractivity (Wildman–Crippen MR) is 178 cm³/mol. The Morgan fingerprint density at radius 3 is 1.41 bits per heavy atom. The van der Waals surface area contributed by atoms with Crippen molar-refractivity contribution >= 4 is 38.0 Å². The third-order valence-corrected chi connectivity index (χ3v) is 8.35. The standard InChI is InChI=1S/C40H22N4/c1-42-36-5-3-19-44-40(36)28-12-8-26(9-13-28)35-22-31-16-14-29-20-34(21-30-15-17-32(23-35)38(31)37(29)30)25-6-10-27(11-7-25)39-33(24-41)4-2-18-43-39/h2-23H. The molecule has 2 aromatic heterocycles. The molecular weight excluding hydrogens is 536 g/mol. The second kappa shape index (κ2) is 10.2. The first-order valence-electron chi connectivity index (χ1n) is 14.3. The van der Waals surface area contributed by atoms with Gasteiger partial charge >= 0.3 is 0 Å². The van der Waals surface area contributed by atoms with Crippen molar-refractivity contribution in [1.29, 1.82) is 5.26 Å². The van der Waals surface area contributed by atoms with Crippen LogP contribution in [0.1, 0.15) is 5.56 Å². The lowest BCUT2D eigenvalue weighted by Crippen LogP contribution is -1.89. The summed E-state index contributed by atoms with van der Waals surface area (Å²) in [4.78, 5) is 12.5. The molecule has 6 aromatic carbocycles. The van der Waals surface area contributed by atoms with Gasteiger partial charge in [-0.05, 0) is 96.5 Å². The molecule has 0 fully saturated rings. The third kappa shape index (κ3) is 4.14. The number of benzene rings is 6. The van der Waals surface area contributed by atoms with Crippen LogP contribution in [0.4, 0.5) is 5.69 Å². The van der Waals surface area contributed by atoms with E-state index in [4.69, 9.17) is 6.57 Å². The summed E-state index contributed by atoms with van der Waals surface area (Å²) >= 11 is 0. The van der Waals surface area contributed by atoms with Gasteiger partial charge in [0, 0.05) is 18.0 Å². The average molecular weight is 559 g/mol. The minimum Gasteiger partial charge on any atom is -0.268 e. The van der Waals surface area contributed by atoms with Gasteiger partial charge in [-0.3, -0.25) is 9.97 Å². The van der Waals surface area contributed by atoms with E-state index in [1.807, 2.05) is 24.3 Å². The SMILES string of the molecule is [C-]#[N+]c1cccnc1-c1ccc(-c2cc3ccc4cc(-c5ccc(-c6ncccc6C#N)cc5)cc5ccc(c2)c3c45)cc1. The van der Waals surface area contributed by atoms with Gasteiger partial charge in [0.1, 0.15) is 6.07 Å². The summed E-state index contributed by atoms with van der Waals surface area (Å²) in [6.07, 6.45) is 3.45. The zero-order valence-electron chi connectivity index (χ0n) is 23.5. The van der Waals surface area contributed by atoms with Crippen LogP contribution in [-0.4, -0.2) is 9.97 Å². The van der Waals surface area contributed by atoms with Gasteiger partial charge < -0.3 is 0 Å². The topological polar surface area (TPSA) is 53.9 Å². The van der Waals surface area contributed by atoms with Crippen LogP contribution in [-0.2, 0) is 0 Å². The number of nitriles is 1. The summed E-state index contributed by atoms with van der Waals surface area (Å²) < 4.78 is 0. The van der Waals surface area contributed by atoms with Crippen molar-refractivity contribution < 1.29 is 0 Å². The highest BCUT2D eigenvalue weighted by Gasteiger charge is 2.13. The van der Waals surface area contributed by atoms with Gasteiger partial charge in [-0.15, -0.1) is 0 Å². The fourth-order valence-corrected chi connectivity index (χ4v) is 6.25. The number of hydrogen-bond donors (Lipinski definition) is 0. The lowest BCUT2D eigenvalue weighted by Gasteiger charge is -2.15. The van der Waals surface area contributed by atoms with Crippen molar-refractivity contribution in [2.75, 3.05) is 0 Å². The van der Waals surface area contributed by atoms with E-state index in [1.165, 1.54) is 32.3 Å². The molecule has 0 N–H and O–H groups in total. The summed E-state index contributed by atoms with van der Waals surface area (Å²) in [6.45, 7) is 7.47. The molecule has 44 heavy (non-hydrogen) atoms. The van der Waals surface area contributed by atoms with E-state index in [0.29, 0.717) is 22.6 Å². The molecule has 0 aliphatic rings. The molecule has 0 saturated heterocycles. The molecular formula is C40H22N4. The van der Waals surface area contributed by atoms with Gasteiger partial charge in [-0.1, -0.05) is 84.9 Å². The van der Waals surface area contributed by atoms with Crippen LogP contribution in [0.5, 0.6) is 0 Å². The van der Waals surface area contributed by atoms with Gasteiger partial charge in [0.05, 0.1) is 23.5 Å². The number of nitrogens with zero attached hydrogens (tertiary/aromatic N) is 4. The monoisotopic (exact) mass is 558 g/mol. The van der Waals surface area contributed by atoms with Crippen LogP contribution < -0.4 is 0 Å². The first kappa shape index (κ1) is 25.4. The molecule has 4 heteroatoms.